The minimum Gasteiger partial charge on any atom is -0.508 e. The van der Waals surface area contributed by atoms with Gasteiger partial charge in [0, 0.05) is 0 Å². The number of aromatic hydroxyl groups is 1. The van der Waals surface area contributed by atoms with E-state index in [-0.39, 0.29) is 0 Å². The maximum Gasteiger partial charge on any atom is 0.115 e. The zero-order chi connectivity index (χ0) is 13.3. The summed E-state index contributed by atoms with van der Waals surface area (Å²) in [6, 6.07) is 8.10. The van der Waals surface area contributed by atoms with Gasteiger partial charge in [0.25, 0.3) is 0 Å². The molecule has 0 aliphatic heterocycles. The van der Waals surface area contributed by atoms with Crippen LogP contribution in [0.25, 0.3) is 0 Å². The van der Waals surface area contributed by atoms with Crippen LogP contribution in [0.2, 0.25) is 0 Å². The van der Waals surface area contributed by atoms with Gasteiger partial charge in [0.15, 0.2) is 0 Å². The van der Waals surface area contributed by atoms with Crippen molar-refractivity contribution in [1.82, 2.24) is 0 Å². The predicted octanol–water partition coefficient (Wildman–Crippen LogP) is 4.64. The molecule has 2 unspecified atom stereocenters. The number of phenols is 1. The third-order valence-electron chi connectivity index (χ3n) is 6.11. The van der Waals surface area contributed by atoms with E-state index in [0.29, 0.717) is 22.0 Å². The maximum absolute atomic E-state index is 9.54. The summed E-state index contributed by atoms with van der Waals surface area (Å²) in [5.74, 6) is 1.32. The van der Waals surface area contributed by atoms with Crippen LogP contribution in [0.4, 0.5) is 0 Å². The minimum atomic E-state index is 0.394. The molecule has 102 valence electrons. The molecule has 4 bridgehead atoms. The first-order chi connectivity index (χ1) is 8.91. The first-order valence-corrected chi connectivity index (χ1v) is 7.70. The summed E-state index contributed by atoms with van der Waals surface area (Å²) >= 11 is 0. The molecule has 1 heteroatoms. The molecule has 0 radical (unpaired) electrons. The first-order valence-electron chi connectivity index (χ1n) is 7.70. The molecule has 0 spiro atoms. The smallest absolute Gasteiger partial charge is 0.115 e. The van der Waals surface area contributed by atoms with Crippen molar-refractivity contribution >= 4 is 0 Å². The number of rotatable bonds is 1. The van der Waals surface area contributed by atoms with Crippen LogP contribution in [0.1, 0.15) is 57.9 Å². The summed E-state index contributed by atoms with van der Waals surface area (Å²) < 4.78 is 0. The van der Waals surface area contributed by atoms with E-state index < -0.39 is 0 Å². The van der Waals surface area contributed by atoms with Gasteiger partial charge in [0.1, 0.15) is 5.75 Å². The van der Waals surface area contributed by atoms with Crippen LogP contribution in [0.5, 0.6) is 5.75 Å². The standard InChI is InChI=1S/C18H24O/c1-16-7-13-8-17(2,10-16)12-18(9-13,11-16)14-3-5-15(19)6-4-14/h3-6,13,19H,7-12H2,1-2H3. The number of hydrogen-bond acceptors (Lipinski definition) is 1. The first kappa shape index (κ1) is 11.8. The van der Waals surface area contributed by atoms with Gasteiger partial charge in [-0.3, -0.25) is 0 Å². The minimum absolute atomic E-state index is 0.394. The maximum atomic E-state index is 9.54. The molecule has 1 N–H and O–H groups in total. The molecule has 4 saturated carbocycles. The molecule has 1 aromatic rings. The van der Waals surface area contributed by atoms with E-state index in [2.05, 4.69) is 26.0 Å². The van der Waals surface area contributed by atoms with Crippen molar-refractivity contribution in [2.45, 2.75) is 57.8 Å². The van der Waals surface area contributed by atoms with E-state index in [1.807, 2.05) is 12.1 Å². The largest absolute Gasteiger partial charge is 0.508 e. The van der Waals surface area contributed by atoms with Gasteiger partial charge in [-0.1, -0.05) is 26.0 Å². The molecule has 2 atom stereocenters. The predicted molar refractivity (Wildman–Crippen MR) is 77.2 cm³/mol. The third-order valence-corrected chi connectivity index (χ3v) is 6.11. The van der Waals surface area contributed by atoms with Gasteiger partial charge in [0.2, 0.25) is 0 Å². The van der Waals surface area contributed by atoms with E-state index in [9.17, 15) is 5.11 Å². The summed E-state index contributed by atoms with van der Waals surface area (Å²) in [5.41, 5.74) is 3.00. The SMILES string of the molecule is CC12CC3CC(C)(C1)CC(c1ccc(O)cc1)(C3)C2. The van der Waals surface area contributed by atoms with Crippen molar-refractivity contribution in [2.75, 3.05) is 0 Å². The lowest BCUT2D eigenvalue weighted by atomic mass is 9.39. The zero-order valence-corrected chi connectivity index (χ0v) is 12.1. The number of benzene rings is 1. The van der Waals surface area contributed by atoms with Crippen LogP contribution in [0.3, 0.4) is 0 Å². The Bertz CT molecular complexity index is 497. The molecule has 0 saturated heterocycles. The fourth-order valence-corrected chi connectivity index (χ4v) is 6.58. The quantitative estimate of drug-likeness (QED) is 0.776. The Morgan fingerprint density at radius 1 is 0.895 bits per heavy atom. The molecule has 0 amide bonds. The molecule has 4 aliphatic carbocycles. The lowest BCUT2D eigenvalue weighted by Gasteiger charge is -2.65. The van der Waals surface area contributed by atoms with Gasteiger partial charge < -0.3 is 5.11 Å². The summed E-state index contributed by atoms with van der Waals surface area (Å²) in [4.78, 5) is 0. The molecular weight excluding hydrogens is 232 g/mol. The molecule has 4 fully saturated rings. The summed E-state index contributed by atoms with van der Waals surface area (Å²) in [7, 11) is 0. The number of phenolic OH excluding ortho intramolecular Hbond substituents is 1. The average Bonchev–Trinajstić information content (AvgIpc) is 2.24. The Morgan fingerprint density at radius 3 is 2.00 bits per heavy atom. The van der Waals surface area contributed by atoms with Crippen LogP contribution >= 0.6 is 0 Å². The molecule has 4 aliphatic rings. The Kier molecular flexibility index (Phi) is 2.09. The van der Waals surface area contributed by atoms with E-state index in [1.54, 1.807) is 0 Å². The molecule has 19 heavy (non-hydrogen) atoms. The van der Waals surface area contributed by atoms with Crippen molar-refractivity contribution in [3.8, 4) is 5.75 Å². The molecule has 5 rings (SSSR count). The van der Waals surface area contributed by atoms with Crippen LogP contribution < -0.4 is 0 Å². The lowest BCUT2D eigenvalue weighted by molar-refractivity contribution is -0.110. The summed E-state index contributed by atoms with van der Waals surface area (Å²) in [5, 5.41) is 9.54. The molecule has 1 nitrogen and oxygen atoms in total. The summed E-state index contributed by atoms with van der Waals surface area (Å²) in [6.45, 7) is 5.04. The fraction of sp³-hybridized carbons (Fsp3) is 0.667. The van der Waals surface area contributed by atoms with Crippen LogP contribution in [0, 0.1) is 16.7 Å². The normalized spacial score (nSPS) is 47.6. The van der Waals surface area contributed by atoms with Crippen molar-refractivity contribution in [3.63, 3.8) is 0 Å². The fourth-order valence-electron chi connectivity index (χ4n) is 6.58. The van der Waals surface area contributed by atoms with E-state index in [4.69, 9.17) is 0 Å². The van der Waals surface area contributed by atoms with Crippen molar-refractivity contribution in [2.24, 2.45) is 16.7 Å². The van der Waals surface area contributed by atoms with Gasteiger partial charge in [-0.2, -0.15) is 0 Å². The highest BCUT2D eigenvalue weighted by Crippen LogP contribution is 2.69. The van der Waals surface area contributed by atoms with Gasteiger partial charge in [-0.05, 0) is 78.4 Å². The van der Waals surface area contributed by atoms with Crippen molar-refractivity contribution < 1.29 is 5.11 Å². The third kappa shape index (κ3) is 1.67. The van der Waals surface area contributed by atoms with Gasteiger partial charge in [0.05, 0.1) is 0 Å². The topological polar surface area (TPSA) is 20.2 Å². The Balaban J connectivity index is 1.80. The summed E-state index contributed by atoms with van der Waals surface area (Å²) in [6.07, 6.45) is 8.41. The van der Waals surface area contributed by atoms with Gasteiger partial charge in [-0.25, -0.2) is 0 Å². The Labute approximate surface area is 116 Å². The van der Waals surface area contributed by atoms with E-state index >= 15 is 0 Å². The van der Waals surface area contributed by atoms with Crippen LogP contribution in [-0.4, -0.2) is 5.11 Å². The average molecular weight is 256 g/mol. The van der Waals surface area contributed by atoms with Crippen LogP contribution in [0.15, 0.2) is 24.3 Å². The zero-order valence-electron chi connectivity index (χ0n) is 12.1. The Hall–Kier alpha value is -0.980. The monoisotopic (exact) mass is 256 g/mol. The van der Waals surface area contributed by atoms with Gasteiger partial charge in [-0.15, -0.1) is 0 Å². The molecule has 1 aromatic carbocycles. The number of hydrogen-bond donors (Lipinski definition) is 1. The molecule has 0 aromatic heterocycles. The lowest BCUT2D eigenvalue weighted by Crippen LogP contribution is -2.56. The second-order valence-corrected chi connectivity index (χ2v) is 8.46. The van der Waals surface area contributed by atoms with Crippen molar-refractivity contribution in [1.29, 1.82) is 0 Å². The van der Waals surface area contributed by atoms with Gasteiger partial charge >= 0.3 is 0 Å². The Morgan fingerprint density at radius 2 is 1.47 bits per heavy atom. The van der Waals surface area contributed by atoms with Crippen molar-refractivity contribution in [3.05, 3.63) is 29.8 Å². The second-order valence-electron chi connectivity index (χ2n) is 8.46. The highest BCUT2D eigenvalue weighted by molar-refractivity contribution is 5.35. The second kappa shape index (κ2) is 3.37. The van der Waals surface area contributed by atoms with E-state index in [0.717, 1.165) is 5.92 Å². The van der Waals surface area contributed by atoms with Crippen LogP contribution in [-0.2, 0) is 5.41 Å². The van der Waals surface area contributed by atoms with E-state index in [1.165, 1.54) is 44.1 Å². The molecular formula is C18H24O. The molecule has 0 heterocycles. The highest BCUT2D eigenvalue weighted by Gasteiger charge is 2.60. The highest BCUT2D eigenvalue weighted by atomic mass is 16.3.